The lowest BCUT2D eigenvalue weighted by atomic mass is 10.0. The fraction of sp³-hybridized carbons (Fsp3) is 0.238. The fourth-order valence-corrected chi connectivity index (χ4v) is 4.70. The lowest BCUT2D eigenvalue weighted by Gasteiger charge is -2.29. The second kappa shape index (κ2) is 10.5. The van der Waals surface area contributed by atoms with Crippen LogP contribution in [0.1, 0.15) is 28.8 Å². The Kier molecular flexibility index (Phi) is 7.87. The van der Waals surface area contributed by atoms with Crippen molar-refractivity contribution in [2.24, 2.45) is 0 Å². The minimum absolute atomic E-state index is 0.00616. The standard InChI is InChI=1S/C21H17BrF3N3O5S/c1-11-8-12(27-34-16-5-3-2-4-15(16)33-21(23,24)25)9-13(22)18(11)20(32)28(10-29)14-6-7-17(30)26-19(14)31/h2-5,8-10,14,27H,6-7H2,1H3,(H,26,30,31). The molecule has 0 spiro atoms. The highest BCUT2D eigenvalue weighted by atomic mass is 79.9. The number of benzene rings is 2. The maximum Gasteiger partial charge on any atom is 0.573 e. The van der Waals surface area contributed by atoms with Crippen molar-refractivity contribution in [2.45, 2.75) is 37.1 Å². The van der Waals surface area contributed by atoms with Crippen LogP contribution in [0.5, 0.6) is 5.75 Å². The molecule has 1 unspecified atom stereocenters. The Morgan fingerprint density at radius 3 is 2.62 bits per heavy atom. The minimum atomic E-state index is -4.84. The molecule has 2 aromatic carbocycles. The summed E-state index contributed by atoms with van der Waals surface area (Å²) in [7, 11) is 0. The molecular weight excluding hydrogens is 543 g/mol. The van der Waals surface area contributed by atoms with Crippen molar-refractivity contribution < 1.29 is 37.1 Å². The number of alkyl halides is 3. The molecule has 1 aliphatic rings. The Hall–Kier alpha value is -3.06. The number of hydrogen-bond acceptors (Lipinski definition) is 7. The Labute approximate surface area is 204 Å². The van der Waals surface area contributed by atoms with Crippen LogP contribution < -0.4 is 14.8 Å². The molecule has 0 aromatic heterocycles. The van der Waals surface area contributed by atoms with Crippen molar-refractivity contribution in [3.05, 3.63) is 52.0 Å². The molecule has 1 heterocycles. The highest BCUT2D eigenvalue weighted by Gasteiger charge is 2.36. The molecule has 0 radical (unpaired) electrons. The number of amides is 4. The molecule has 0 saturated carbocycles. The van der Waals surface area contributed by atoms with E-state index in [9.17, 15) is 32.3 Å². The smallest absolute Gasteiger partial charge is 0.405 e. The van der Waals surface area contributed by atoms with Gasteiger partial charge in [-0.25, -0.2) is 0 Å². The second-order valence-corrected chi connectivity index (χ2v) is 8.84. The molecule has 2 aromatic rings. The van der Waals surface area contributed by atoms with E-state index in [1.165, 1.54) is 24.3 Å². The number of aryl methyl sites for hydroxylation is 1. The third-order valence-electron chi connectivity index (χ3n) is 4.75. The number of hydrogen-bond donors (Lipinski definition) is 2. The van der Waals surface area contributed by atoms with Crippen LogP contribution in [0.3, 0.4) is 0 Å². The molecule has 3 rings (SSSR count). The Balaban J connectivity index is 1.79. The van der Waals surface area contributed by atoms with E-state index in [-0.39, 0.29) is 35.5 Å². The molecule has 1 saturated heterocycles. The van der Waals surface area contributed by atoms with Crippen LogP contribution in [0.4, 0.5) is 18.9 Å². The third kappa shape index (κ3) is 6.08. The maximum atomic E-state index is 13.1. The van der Waals surface area contributed by atoms with Crippen LogP contribution in [-0.4, -0.2) is 41.4 Å². The monoisotopic (exact) mass is 559 g/mol. The zero-order chi connectivity index (χ0) is 25.0. The highest BCUT2D eigenvalue weighted by Crippen LogP contribution is 2.35. The largest absolute Gasteiger partial charge is 0.573 e. The normalized spacial score (nSPS) is 16.0. The van der Waals surface area contributed by atoms with Gasteiger partial charge in [0.05, 0.1) is 10.5 Å². The molecule has 1 fully saturated rings. The topological polar surface area (TPSA) is 105 Å². The Morgan fingerprint density at radius 2 is 2.00 bits per heavy atom. The predicted octanol–water partition coefficient (Wildman–Crippen LogP) is 4.18. The predicted molar refractivity (Wildman–Crippen MR) is 120 cm³/mol. The number of anilines is 1. The summed E-state index contributed by atoms with van der Waals surface area (Å²) in [4.78, 5) is 49.1. The highest BCUT2D eigenvalue weighted by molar-refractivity contribution is 9.10. The number of piperidine rings is 1. The summed E-state index contributed by atoms with van der Waals surface area (Å²) < 4.78 is 45.1. The van der Waals surface area contributed by atoms with Crippen molar-refractivity contribution in [1.82, 2.24) is 10.2 Å². The van der Waals surface area contributed by atoms with E-state index in [1.807, 2.05) is 0 Å². The van der Waals surface area contributed by atoms with Gasteiger partial charge in [0.25, 0.3) is 5.91 Å². The van der Waals surface area contributed by atoms with Crippen molar-refractivity contribution >= 4 is 57.7 Å². The molecule has 2 N–H and O–H groups in total. The van der Waals surface area contributed by atoms with Crippen LogP contribution in [-0.2, 0) is 14.4 Å². The Bertz CT molecular complexity index is 1120. The Morgan fingerprint density at radius 1 is 1.29 bits per heavy atom. The molecule has 0 aliphatic carbocycles. The van der Waals surface area contributed by atoms with Gasteiger partial charge < -0.3 is 9.46 Å². The van der Waals surface area contributed by atoms with Gasteiger partial charge in [0.15, 0.2) is 0 Å². The van der Waals surface area contributed by atoms with Crippen molar-refractivity contribution in [3.8, 4) is 5.75 Å². The van der Waals surface area contributed by atoms with Gasteiger partial charge >= 0.3 is 6.36 Å². The molecular formula is C21H17BrF3N3O5S. The van der Waals surface area contributed by atoms with Gasteiger partial charge in [0.2, 0.25) is 18.2 Å². The molecule has 1 aliphatic heterocycles. The van der Waals surface area contributed by atoms with Gasteiger partial charge in [0, 0.05) is 16.6 Å². The van der Waals surface area contributed by atoms with Gasteiger partial charge in [0.1, 0.15) is 11.8 Å². The van der Waals surface area contributed by atoms with Crippen molar-refractivity contribution in [2.75, 3.05) is 4.72 Å². The summed E-state index contributed by atoms with van der Waals surface area (Å²) in [6.07, 6.45) is -4.59. The van der Waals surface area contributed by atoms with E-state index in [0.717, 1.165) is 16.8 Å². The summed E-state index contributed by atoms with van der Waals surface area (Å²) in [6.45, 7) is 1.60. The average Bonchev–Trinajstić information content (AvgIpc) is 2.73. The molecule has 34 heavy (non-hydrogen) atoms. The number of nitrogens with zero attached hydrogens (tertiary/aromatic N) is 1. The minimum Gasteiger partial charge on any atom is -0.405 e. The lowest BCUT2D eigenvalue weighted by molar-refractivity contribution is -0.275. The van der Waals surface area contributed by atoms with Crippen LogP contribution in [0.25, 0.3) is 0 Å². The maximum absolute atomic E-state index is 13.1. The van der Waals surface area contributed by atoms with Gasteiger partial charge in [-0.05, 0) is 71.1 Å². The van der Waals surface area contributed by atoms with Crippen molar-refractivity contribution in [1.29, 1.82) is 0 Å². The van der Waals surface area contributed by atoms with Crippen LogP contribution in [0.2, 0.25) is 0 Å². The lowest BCUT2D eigenvalue weighted by Crippen LogP contribution is -2.54. The quantitative estimate of drug-likeness (QED) is 0.298. The number of carbonyl (C=O) groups excluding carboxylic acids is 4. The van der Waals surface area contributed by atoms with E-state index < -0.39 is 30.1 Å². The summed E-state index contributed by atoms with van der Waals surface area (Å²) >= 11 is 4.16. The van der Waals surface area contributed by atoms with Gasteiger partial charge in [-0.1, -0.05) is 12.1 Å². The van der Waals surface area contributed by atoms with E-state index in [0.29, 0.717) is 15.7 Å². The van der Waals surface area contributed by atoms with Crippen LogP contribution in [0, 0.1) is 6.92 Å². The average molecular weight is 560 g/mol. The molecule has 4 amide bonds. The molecule has 1 atom stereocenters. The number of nitrogens with one attached hydrogen (secondary N) is 2. The number of para-hydroxylation sites is 1. The zero-order valence-electron chi connectivity index (χ0n) is 17.4. The number of carbonyl (C=O) groups is 4. The first-order chi connectivity index (χ1) is 16.0. The van der Waals surface area contributed by atoms with Crippen LogP contribution >= 0.6 is 27.9 Å². The number of imide groups is 2. The van der Waals surface area contributed by atoms with E-state index >= 15 is 0 Å². The van der Waals surface area contributed by atoms with Crippen LogP contribution in [0.15, 0.2) is 45.8 Å². The summed E-state index contributed by atoms with van der Waals surface area (Å²) in [5.74, 6) is -2.33. The molecule has 13 heteroatoms. The fourth-order valence-electron chi connectivity index (χ4n) is 3.27. The van der Waals surface area contributed by atoms with E-state index in [1.54, 1.807) is 19.1 Å². The third-order valence-corrected chi connectivity index (χ3v) is 6.27. The molecule has 180 valence electrons. The first kappa shape index (κ1) is 25.6. The zero-order valence-corrected chi connectivity index (χ0v) is 19.8. The second-order valence-electron chi connectivity index (χ2n) is 7.13. The molecule has 0 bridgehead atoms. The first-order valence-electron chi connectivity index (χ1n) is 9.69. The summed E-state index contributed by atoms with van der Waals surface area (Å²) in [5.41, 5.74) is 1.00. The number of halogens is 4. The number of ether oxygens (including phenoxy) is 1. The van der Waals surface area contributed by atoms with Crippen molar-refractivity contribution in [3.63, 3.8) is 0 Å². The van der Waals surface area contributed by atoms with E-state index in [4.69, 9.17) is 0 Å². The SMILES string of the molecule is Cc1cc(NSc2ccccc2OC(F)(F)F)cc(Br)c1C(=O)N(C=O)C1CCC(=O)NC1=O. The molecule has 8 nitrogen and oxygen atoms in total. The number of rotatable bonds is 7. The summed E-state index contributed by atoms with van der Waals surface area (Å²) in [6, 6.07) is 7.54. The van der Waals surface area contributed by atoms with E-state index in [2.05, 4.69) is 30.7 Å². The van der Waals surface area contributed by atoms with Gasteiger partial charge in [-0.3, -0.25) is 29.4 Å². The summed E-state index contributed by atoms with van der Waals surface area (Å²) in [5, 5.41) is 2.10. The van der Waals surface area contributed by atoms with Gasteiger partial charge in [-0.15, -0.1) is 13.2 Å². The van der Waals surface area contributed by atoms with Gasteiger partial charge in [-0.2, -0.15) is 0 Å². The first-order valence-corrected chi connectivity index (χ1v) is 11.3.